The number of benzene rings is 1. The summed E-state index contributed by atoms with van der Waals surface area (Å²) in [7, 11) is 0. The van der Waals surface area contributed by atoms with Crippen LogP contribution in [-0.2, 0) is 6.42 Å². The summed E-state index contributed by atoms with van der Waals surface area (Å²) in [6.45, 7) is 2.14. The molecule has 0 aliphatic heterocycles. The maximum absolute atomic E-state index is 13.3. The maximum atomic E-state index is 13.3. The van der Waals surface area contributed by atoms with Gasteiger partial charge in [-0.3, -0.25) is 0 Å². The Hall–Kier alpha value is -0.440. The smallest absolute Gasteiger partial charge is 0.129 e. The van der Waals surface area contributed by atoms with Crippen LogP contribution in [0.2, 0.25) is 0 Å². The fourth-order valence-electron chi connectivity index (χ4n) is 1.67. The van der Waals surface area contributed by atoms with Gasteiger partial charge in [-0.05, 0) is 25.0 Å². The number of rotatable bonds is 6. The van der Waals surface area contributed by atoms with Crippen LogP contribution in [0.25, 0.3) is 0 Å². The van der Waals surface area contributed by atoms with E-state index in [1.807, 2.05) is 0 Å². The first kappa shape index (κ1) is 13.6. The number of unbranched alkanes of at least 4 members (excludes halogenated alkanes) is 2. The summed E-state index contributed by atoms with van der Waals surface area (Å²) in [5.74, 6) is -0.889. The molecule has 0 saturated heterocycles. The third-order valence-corrected chi connectivity index (χ3v) is 3.39. The van der Waals surface area contributed by atoms with Crippen molar-refractivity contribution in [2.75, 3.05) is 0 Å². The minimum absolute atomic E-state index is 0.158. The molecule has 0 aliphatic carbocycles. The van der Waals surface area contributed by atoms with Gasteiger partial charge >= 0.3 is 0 Å². The first-order valence-electron chi connectivity index (χ1n) is 5.72. The van der Waals surface area contributed by atoms with E-state index in [1.165, 1.54) is 24.6 Å². The fraction of sp³-hybridized carbons (Fsp3) is 0.538. The standard InChI is InChI=1S/C13H17BrF2/c1-2-3-4-6-10(14)9-11-12(15)7-5-8-13(11)16/h5,7-8,10H,2-4,6,9H2,1H3. The molecule has 90 valence electrons. The van der Waals surface area contributed by atoms with Crippen molar-refractivity contribution in [1.82, 2.24) is 0 Å². The molecule has 0 amide bonds. The van der Waals surface area contributed by atoms with E-state index in [-0.39, 0.29) is 10.4 Å². The Morgan fingerprint density at radius 3 is 2.38 bits per heavy atom. The summed E-state index contributed by atoms with van der Waals surface area (Å²) in [5, 5.41) is 0. The van der Waals surface area contributed by atoms with Crippen molar-refractivity contribution in [2.45, 2.75) is 43.9 Å². The molecule has 1 aromatic carbocycles. The largest absolute Gasteiger partial charge is 0.207 e. The fourth-order valence-corrected chi connectivity index (χ4v) is 2.31. The third kappa shape index (κ3) is 4.20. The molecule has 0 aromatic heterocycles. The zero-order valence-electron chi connectivity index (χ0n) is 9.48. The van der Waals surface area contributed by atoms with Crippen LogP contribution in [0.1, 0.15) is 38.2 Å². The Morgan fingerprint density at radius 1 is 1.19 bits per heavy atom. The Kier molecular flexibility index (Phi) is 5.96. The van der Waals surface area contributed by atoms with Gasteiger partial charge in [0.2, 0.25) is 0 Å². The minimum Gasteiger partial charge on any atom is -0.207 e. The van der Waals surface area contributed by atoms with E-state index >= 15 is 0 Å². The van der Waals surface area contributed by atoms with E-state index in [1.54, 1.807) is 0 Å². The molecule has 0 bridgehead atoms. The van der Waals surface area contributed by atoms with E-state index in [9.17, 15) is 8.78 Å². The Morgan fingerprint density at radius 2 is 1.81 bits per heavy atom. The average Bonchev–Trinajstić information content (AvgIpc) is 2.24. The van der Waals surface area contributed by atoms with E-state index in [0.717, 1.165) is 19.3 Å². The zero-order valence-corrected chi connectivity index (χ0v) is 11.1. The van der Waals surface area contributed by atoms with Gasteiger partial charge in [0.1, 0.15) is 11.6 Å². The van der Waals surface area contributed by atoms with Crippen LogP contribution < -0.4 is 0 Å². The molecule has 3 heteroatoms. The van der Waals surface area contributed by atoms with Gasteiger partial charge in [0.15, 0.2) is 0 Å². The summed E-state index contributed by atoms with van der Waals surface area (Å²) in [6, 6.07) is 4.02. The monoisotopic (exact) mass is 290 g/mol. The van der Waals surface area contributed by atoms with Gasteiger partial charge in [-0.15, -0.1) is 0 Å². The van der Waals surface area contributed by atoms with Gasteiger partial charge in [0.25, 0.3) is 0 Å². The molecule has 1 unspecified atom stereocenters. The molecule has 0 spiro atoms. The van der Waals surface area contributed by atoms with Crippen molar-refractivity contribution < 1.29 is 8.78 Å². The third-order valence-electron chi connectivity index (χ3n) is 2.61. The minimum atomic E-state index is -0.444. The molecule has 0 aliphatic rings. The van der Waals surface area contributed by atoms with E-state index < -0.39 is 11.6 Å². The summed E-state index contributed by atoms with van der Waals surface area (Å²) < 4.78 is 26.7. The van der Waals surface area contributed by atoms with E-state index in [2.05, 4.69) is 22.9 Å². The van der Waals surface area contributed by atoms with Crippen LogP contribution in [0.5, 0.6) is 0 Å². The van der Waals surface area contributed by atoms with Gasteiger partial charge in [0, 0.05) is 10.4 Å². The topological polar surface area (TPSA) is 0 Å². The summed E-state index contributed by atoms with van der Waals surface area (Å²) in [5.41, 5.74) is 0.195. The van der Waals surface area contributed by atoms with Crippen LogP contribution in [0.3, 0.4) is 0 Å². The highest BCUT2D eigenvalue weighted by Gasteiger charge is 2.13. The molecular formula is C13H17BrF2. The van der Waals surface area contributed by atoms with Crippen LogP contribution in [0.15, 0.2) is 18.2 Å². The first-order chi connectivity index (χ1) is 7.65. The van der Waals surface area contributed by atoms with Crippen molar-refractivity contribution in [3.63, 3.8) is 0 Å². The molecule has 0 N–H and O–H groups in total. The van der Waals surface area contributed by atoms with Crippen molar-refractivity contribution in [2.24, 2.45) is 0 Å². The first-order valence-corrected chi connectivity index (χ1v) is 6.63. The Balaban J connectivity index is 2.52. The SMILES string of the molecule is CCCCCC(Br)Cc1c(F)cccc1F. The Labute approximate surface area is 104 Å². The Bertz CT molecular complexity index is 305. The van der Waals surface area contributed by atoms with Crippen molar-refractivity contribution in [3.8, 4) is 0 Å². The number of hydrogen-bond acceptors (Lipinski definition) is 0. The van der Waals surface area contributed by atoms with E-state index in [0.29, 0.717) is 6.42 Å². The highest BCUT2D eigenvalue weighted by Crippen LogP contribution is 2.20. The summed E-state index contributed by atoms with van der Waals surface area (Å²) >= 11 is 3.48. The van der Waals surface area contributed by atoms with Gasteiger partial charge in [0.05, 0.1) is 0 Å². The van der Waals surface area contributed by atoms with Crippen LogP contribution in [-0.4, -0.2) is 4.83 Å². The number of alkyl halides is 1. The predicted molar refractivity (Wildman–Crippen MR) is 66.9 cm³/mol. The lowest BCUT2D eigenvalue weighted by Crippen LogP contribution is -2.06. The number of hydrogen-bond donors (Lipinski definition) is 0. The van der Waals surface area contributed by atoms with Gasteiger partial charge in [-0.25, -0.2) is 8.78 Å². The second kappa shape index (κ2) is 7.00. The highest BCUT2D eigenvalue weighted by atomic mass is 79.9. The molecular weight excluding hydrogens is 274 g/mol. The van der Waals surface area contributed by atoms with Crippen LogP contribution >= 0.6 is 15.9 Å². The molecule has 1 aromatic rings. The van der Waals surface area contributed by atoms with E-state index in [4.69, 9.17) is 0 Å². The molecule has 0 saturated carbocycles. The lowest BCUT2D eigenvalue weighted by atomic mass is 10.0. The number of halogens is 3. The summed E-state index contributed by atoms with van der Waals surface area (Å²) in [4.78, 5) is 0.158. The molecule has 0 fully saturated rings. The zero-order chi connectivity index (χ0) is 12.0. The second-order valence-electron chi connectivity index (χ2n) is 4.00. The predicted octanol–water partition coefficient (Wildman–Crippen LogP) is 4.85. The normalized spacial score (nSPS) is 12.8. The van der Waals surface area contributed by atoms with Crippen molar-refractivity contribution in [1.29, 1.82) is 0 Å². The van der Waals surface area contributed by atoms with Gasteiger partial charge in [-0.2, -0.15) is 0 Å². The summed E-state index contributed by atoms with van der Waals surface area (Å²) in [6.07, 6.45) is 4.81. The van der Waals surface area contributed by atoms with Crippen molar-refractivity contribution in [3.05, 3.63) is 35.4 Å². The maximum Gasteiger partial charge on any atom is 0.129 e. The lowest BCUT2D eigenvalue weighted by molar-refractivity contribution is 0.545. The van der Waals surface area contributed by atoms with Crippen LogP contribution in [0, 0.1) is 11.6 Å². The molecule has 0 heterocycles. The van der Waals surface area contributed by atoms with Crippen molar-refractivity contribution >= 4 is 15.9 Å². The molecule has 16 heavy (non-hydrogen) atoms. The molecule has 0 nitrogen and oxygen atoms in total. The average molecular weight is 291 g/mol. The van der Waals surface area contributed by atoms with Crippen LogP contribution in [0.4, 0.5) is 8.78 Å². The van der Waals surface area contributed by atoms with Gasteiger partial charge in [-0.1, -0.05) is 48.2 Å². The second-order valence-corrected chi connectivity index (χ2v) is 5.29. The van der Waals surface area contributed by atoms with Gasteiger partial charge < -0.3 is 0 Å². The molecule has 1 rings (SSSR count). The highest BCUT2D eigenvalue weighted by molar-refractivity contribution is 9.09. The quantitative estimate of drug-likeness (QED) is 0.519. The lowest BCUT2D eigenvalue weighted by Gasteiger charge is -2.10. The molecule has 1 atom stereocenters. The molecule has 0 radical (unpaired) electrons.